The summed E-state index contributed by atoms with van der Waals surface area (Å²) in [5.41, 5.74) is -0.184. The Kier molecular flexibility index (Phi) is 6.30. The molecule has 0 aromatic heterocycles. The third kappa shape index (κ3) is 3.87. The van der Waals surface area contributed by atoms with Gasteiger partial charge in [0.2, 0.25) is 0 Å². The van der Waals surface area contributed by atoms with E-state index in [0.717, 1.165) is 24.0 Å². The van der Waals surface area contributed by atoms with Crippen molar-refractivity contribution in [1.29, 1.82) is 10.5 Å². The van der Waals surface area contributed by atoms with Crippen LogP contribution in [0.2, 0.25) is 0 Å². The van der Waals surface area contributed by atoms with Gasteiger partial charge < -0.3 is 0 Å². The lowest BCUT2D eigenvalue weighted by molar-refractivity contribution is -0.134. The van der Waals surface area contributed by atoms with Gasteiger partial charge >= 0.3 is 0 Å². The van der Waals surface area contributed by atoms with Gasteiger partial charge in [0.05, 0.1) is 12.1 Å². The number of rotatable bonds is 7. The number of carbonyl (C=O) groups excluding carboxylic acids is 1. The molecule has 0 unspecified atom stereocenters. The Morgan fingerprint density at radius 3 is 2.21 bits per heavy atom. The molecule has 0 bridgehead atoms. The number of hydrogen-bond acceptors (Lipinski definition) is 3. The van der Waals surface area contributed by atoms with Crippen molar-refractivity contribution in [3.05, 3.63) is 84.4 Å². The van der Waals surface area contributed by atoms with E-state index in [2.05, 4.69) is 18.7 Å². The highest BCUT2D eigenvalue weighted by molar-refractivity contribution is 5.87. The van der Waals surface area contributed by atoms with Gasteiger partial charge in [0.1, 0.15) is 5.78 Å². The van der Waals surface area contributed by atoms with E-state index in [0.29, 0.717) is 19.3 Å². The van der Waals surface area contributed by atoms with Crippen molar-refractivity contribution in [3.63, 3.8) is 0 Å². The Hall–Kier alpha value is -3.17. The standard InChI is InChI=1S/C26H26N2O/c1-2-16-25(19-27,20-28)24(22-13-7-4-8-14-22)26(17-10-9-15-23(26)29)18-21-11-5-3-6-12-21/h2-8,11-14,24H,1,9-10,15-18H2/t24-,26+/m0/s1. The molecule has 0 aliphatic heterocycles. The molecule has 1 aliphatic rings. The minimum absolute atomic E-state index is 0.167. The molecule has 0 heterocycles. The summed E-state index contributed by atoms with van der Waals surface area (Å²) < 4.78 is 0. The number of nitriles is 2. The zero-order chi connectivity index (χ0) is 20.7. The molecule has 146 valence electrons. The number of hydrogen-bond donors (Lipinski definition) is 0. The summed E-state index contributed by atoms with van der Waals surface area (Å²) in [4.78, 5) is 13.6. The molecule has 2 atom stereocenters. The Labute approximate surface area is 173 Å². The second-order valence-electron chi connectivity index (χ2n) is 7.98. The van der Waals surface area contributed by atoms with E-state index in [9.17, 15) is 15.3 Å². The topological polar surface area (TPSA) is 64.7 Å². The van der Waals surface area contributed by atoms with E-state index in [1.807, 2.05) is 60.7 Å². The molecule has 0 radical (unpaired) electrons. The zero-order valence-corrected chi connectivity index (χ0v) is 16.7. The second-order valence-corrected chi connectivity index (χ2v) is 7.98. The molecule has 2 aromatic rings. The summed E-state index contributed by atoms with van der Waals surface area (Å²) >= 11 is 0. The molecule has 0 saturated heterocycles. The highest BCUT2D eigenvalue weighted by Gasteiger charge is 2.56. The van der Waals surface area contributed by atoms with Crippen molar-refractivity contribution >= 4 is 5.78 Å². The molecule has 2 aromatic carbocycles. The molecule has 1 fully saturated rings. The minimum Gasteiger partial charge on any atom is -0.299 e. The Morgan fingerprint density at radius 2 is 1.66 bits per heavy atom. The molecule has 0 N–H and O–H groups in total. The average Bonchev–Trinajstić information content (AvgIpc) is 2.77. The Balaban J connectivity index is 2.26. The molecule has 3 nitrogen and oxygen atoms in total. The van der Waals surface area contributed by atoms with E-state index in [1.165, 1.54) is 0 Å². The lowest BCUT2D eigenvalue weighted by Gasteiger charge is -2.47. The molecule has 3 rings (SSSR count). The van der Waals surface area contributed by atoms with Gasteiger partial charge in [0.15, 0.2) is 5.41 Å². The number of Topliss-reactive ketones (excluding diaryl/α,β-unsaturated/α-hetero) is 1. The predicted molar refractivity (Wildman–Crippen MR) is 114 cm³/mol. The van der Waals surface area contributed by atoms with Gasteiger partial charge in [-0.25, -0.2) is 0 Å². The van der Waals surface area contributed by atoms with Crippen molar-refractivity contribution in [2.75, 3.05) is 0 Å². The van der Waals surface area contributed by atoms with Crippen LogP contribution in [0, 0.1) is 33.5 Å². The lowest BCUT2D eigenvalue weighted by Crippen LogP contribution is -2.48. The first-order valence-electron chi connectivity index (χ1n) is 10.2. The van der Waals surface area contributed by atoms with Crippen LogP contribution in [0.1, 0.15) is 49.1 Å². The van der Waals surface area contributed by atoms with Gasteiger partial charge in [0.25, 0.3) is 0 Å². The SMILES string of the molecule is C=CCC(C#N)(C#N)[C@H](c1ccccc1)[C@@]1(Cc2ccccc2)CCCCC1=O. The van der Waals surface area contributed by atoms with Gasteiger partial charge in [-0.05, 0) is 36.8 Å². The van der Waals surface area contributed by atoms with Crippen LogP contribution in [0.3, 0.4) is 0 Å². The number of ketones is 1. The number of carbonyl (C=O) groups is 1. The maximum absolute atomic E-state index is 13.6. The van der Waals surface area contributed by atoms with E-state index < -0.39 is 16.7 Å². The molecule has 0 spiro atoms. The fourth-order valence-corrected chi connectivity index (χ4v) is 4.98. The zero-order valence-electron chi connectivity index (χ0n) is 16.7. The van der Waals surface area contributed by atoms with E-state index >= 15 is 0 Å². The third-order valence-corrected chi connectivity index (χ3v) is 6.24. The molecule has 3 heteroatoms. The van der Waals surface area contributed by atoms with Crippen LogP contribution in [0.15, 0.2) is 73.3 Å². The first-order valence-corrected chi connectivity index (χ1v) is 10.2. The fourth-order valence-electron chi connectivity index (χ4n) is 4.98. The molecule has 1 saturated carbocycles. The van der Waals surface area contributed by atoms with Crippen molar-refractivity contribution in [1.82, 2.24) is 0 Å². The van der Waals surface area contributed by atoms with Crippen molar-refractivity contribution in [2.45, 2.75) is 44.4 Å². The minimum atomic E-state index is -1.34. The van der Waals surface area contributed by atoms with E-state index in [4.69, 9.17) is 0 Å². The largest absolute Gasteiger partial charge is 0.299 e. The van der Waals surface area contributed by atoms with Crippen LogP contribution in [0.4, 0.5) is 0 Å². The molecular weight excluding hydrogens is 356 g/mol. The number of allylic oxidation sites excluding steroid dienone is 1. The van der Waals surface area contributed by atoms with Gasteiger partial charge in [-0.3, -0.25) is 4.79 Å². The third-order valence-electron chi connectivity index (χ3n) is 6.24. The summed E-state index contributed by atoms with van der Waals surface area (Å²) in [7, 11) is 0. The molecular formula is C26H26N2O. The van der Waals surface area contributed by atoms with E-state index in [-0.39, 0.29) is 12.2 Å². The van der Waals surface area contributed by atoms with Crippen LogP contribution in [0.5, 0.6) is 0 Å². The number of benzene rings is 2. The fraction of sp³-hybridized carbons (Fsp3) is 0.346. The summed E-state index contributed by atoms with van der Waals surface area (Å²) in [6, 6.07) is 24.2. The summed E-state index contributed by atoms with van der Waals surface area (Å²) in [6.45, 7) is 3.80. The average molecular weight is 383 g/mol. The van der Waals surface area contributed by atoms with Crippen molar-refractivity contribution in [2.24, 2.45) is 10.8 Å². The normalized spacial score (nSPS) is 20.3. The van der Waals surface area contributed by atoms with E-state index in [1.54, 1.807) is 6.08 Å². The molecule has 0 amide bonds. The quantitative estimate of drug-likeness (QED) is 0.573. The monoisotopic (exact) mass is 382 g/mol. The summed E-state index contributed by atoms with van der Waals surface area (Å²) in [5, 5.41) is 20.4. The Morgan fingerprint density at radius 1 is 1.03 bits per heavy atom. The molecule has 29 heavy (non-hydrogen) atoms. The highest BCUT2D eigenvalue weighted by Crippen LogP contribution is 2.56. The van der Waals surface area contributed by atoms with Crippen LogP contribution in [0.25, 0.3) is 0 Å². The van der Waals surface area contributed by atoms with Gasteiger partial charge in [0, 0.05) is 17.8 Å². The van der Waals surface area contributed by atoms with Crippen LogP contribution >= 0.6 is 0 Å². The Bertz CT molecular complexity index is 922. The van der Waals surface area contributed by atoms with Crippen molar-refractivity contribution in [3.8, 4) is 12.1 Å². The van der Waals surface area contributed by atoms with Crippen LogP contribution in [-0.4, -0.2) is 5.78 Å². The van der Waals surface area contributed by atoms with Crippen molar-refractivity contribution < 1.29 is 4.79 Å². The second kappa shape index (κ2) is 8.89. The summed E-state index contributed by atoms with van der Waals surface area (Å²) in [5.74, 6) is -0.349. The maximum atomic E-state index is 13.6. The maximum Gasteiger partial charge on any atom is 0.154 e. The highest BCUT2D eigenvalue weighted by atomic mass is 16.1. The van der Waals surface area contributed by atoms with Gasteiger partial charge in [-0.1, -0.05) is 73.2 Å². The smallest absolute Gasteiger partial charge is 0.154 e. The first-order chi connectivity index (χ1) is 14.1. The van der Waals surface area contributed by atoms with Gasteiger partial charge in [-0.15, -0.1) is 6.58 Å². The summed E-state index contributed by atoms with van der Waals surface area (Å²) in [6.07, 6.45) is 5.36. The lowest BCUT2D eigenvalue weighted by atomic mass is 9.52. The predicted octanol–water partition coefficient (Wildman–Crippen LogP) is 5.75. The van der Waals surface area contributed by atoms with Crippen LogP contribution in [-0.2, 0) is 11.2 Å². The molecule has 1 aliphatic carbocycles. The van der Waals surface area contributed by atoms with Gasteiger partial charge in [-0.2, -0.15) is 10.5 Å². The van der Waals surface area contributed by atoms with Crippen LogP contribution < -0.4 is 0 Å². The first kappa shape index (κ1) is 20.6. The number of nitrogens with zero attached hydrogens (tertiary/aromatic N) is 2.